The Balaban J connectivity index is 1.50. The molecule has 0 unspecified atom stereocenters. The Morgan fingerprint density at radius 2 is 2.04 bits per heavy atom. The summed E-state index contributed by atoms with van der Waals surface area (Å²) in [7, 11) is 0. The van der Waals surface area contributed by atoms with Crippen molar-refractivity contribution in [1.29, 1.82) is 0 Å². The van der Waals surface area contributed by atoms with Crippen LogP contribution in [0.5, 0.6) is 0 Å². The molecular weight excluding hydrogens is 318 g/mol. The standard InChI is InChI=1S/C18H21N5O2/c19-16-12-20-11-15(22-16)13-4-6-14(7-5-13)18(25)21-8-2-10-23-9-1-3-17(23)24/h4-7,11-12H,1-3,8-10H2,(H2,19,22)(H,21,25). The van der Waals surface area contributed by atoms with Crippen molar-refractivity contribution in [2.75, 3.05) is 25.4 Å². The van der Waals surface area contributed by atoms with Gasteiger partial charge >= 0.3 is 0 Å². The topological polar surface area (TPSA) is 101 Å². The second-order valence-corrected chi connectivity index (χ2v) is 6.00. The first-order valence-electron chi connectivity index (χ1n) is 8.37. The number of hydrogen-bond donors (Lipinski definition) is 2. The third-order valence-corrected chi connectivity index (χ3v) is 4.16. The molecule has 1 fully saturated rings. The van der Waals surface area contributed by atoms with Crippen molar-refractivity contribution in [3.8, 4) is 11.3 Å². The van der Waals surface area contributed by atoms with Gasteiger partial charge in [-0.2, -0.15) is 0 Å². The molecule has 0 radical (unpaired) electrons. The van der Waals surface area contributed by atoms with Gasteiger partial charge in [0.25, 0.3) is 5.91 Å². The molecule has 1 aliphatic rings. The largest absolute Gasteiger partial charge is 0.382 e. The van der Waals surface area contributed by atoms with Crippen LogP contribution in [0, 0.1) is 0 Å². The maximum Gasteiger partial charge on any atom is 0.251 e. The number of carbonyl (C=O) groups excluding carboxylic acids is 2. The molecule has 2 amide bonds. The van der Waals surface area contributed by atoms with Crippen LogP contribution < -0.4 is 11.1 Å². The minimum absolute atomic E-state index is 0.127. The summed E-state index contributed by atoms with van der Waals surface area (Å²) in [6.07, 6.45) is 5.46. The number of nitrogens with two attached hydrogens (primary N) is 1. The average molecular weight is 339 g/mol. The molecule has 0 bridgehead atoms. The van der Waals surface area contributed by atoms with Crippen molar-refractivity contribution in [1.82, 2.24) is 20.2 Å². The summed E-state index contributed by atoms with van der Waals surface area (Å²) < 4.78 is 0. The highest BCUT2D eigenvalue weighted by Gasteiger charge is 2.19. The van der Waals surface area contributed by atoms with E-state index >= 15 is 0 Å². The number of carbonyl (C=O) groups is 2. The number of nitrogens with zero attached hydrogens (tertiary/aromatic N) is 3. The number of hydrogen-bond acceptors (Lipinski definition) is 5. The van der Waals surface area contributed by atoms with Gasteiger partial charge in [0.1, 0.15) is 5.82 Å². The lowest BCUT2D eigenvalue weighted by molar-refractivity contribution is -0.127. The number of nitrogen functional groups attached to an aromatic ring is 1. The van der Waals surface area contributed by atoms with Crippen molar-refractivity contribution in [3.63, 3.8) is 0 Å². The third kappa shape index (κ3) is 4.32. The van der Waals surface area contributed by atoms with Crippen LogP contribution in [-0.2, 0) is 4.79 Å². The molecule has 1 aromatic carbocycles. The van der Waals surface area contributed by atoms with E-state index in [1.165, 1.54) is 6.20 Å². The number of amides is 2. The van der Waals surface area contributed by atoms with E-state index in [0.717, 1.165) is 24.9 Å². The average Bonchev–Trinajstić information content (AvgIpc) is 3.04. The predicted octanol–water partition coefficient (Wildman–Crippen LogP) is 1.47. The van der Waals surface area contributed by atoms with Gasteiger partial charge in [-0.15, -0.1) is 0 Å². The Bertz CT molecular complexity index is 760. The van der Waals surface area contributed by atoms with Crippen LogP contribution in [0.1, 0.15) is 29.6 Å². The monoisotopic (exact) mass is 339 g/mol. The summed E-state index contributed by atoms with van der Waals surface area (Å²) in [5.41, 5.74) is 7.73. The minimum Gasteiger partial charge on any atom is -0.382 e. The smallest absolute Gasteiger partial charge is 0.251 e. The van der Waals surface area contributed by atoms with E-state index in [2.05, 4.69) is 15.3 Å². The van der Waals surface area contributed by atoms with E-state index in [-0.39, 0.29) is 11.8 Å². The zero-order valence-corrected chi connectivity index (χ0v) is 13.9. The highest BCUT2D eigenvalue weighted by Crippen LogP contribution is 2.17. The first-order valence-corrected chi connectivity index (χ1v) is 8.37. The zero-order chi connectivity index (χ0) is 17.6. The van der Waals surface area contributed by atoms with E-state index < -0.39 is 0 Å². The second kappa shape index (κ2) is 7.74. The maximum atomic E-state index is 12.2. The van der Waals surface area contributed by atoms with Crippen molar-refractivity contribution >= 4 is 17.6 Å². The Morgan fingerprint density at radius 1 is 1.24 bits per heavy atom. The van der Waals surface area contributed by atoms with Gasteiger partial charge < -0.3 is 16.0 Å². The molecular formula is C18H21N5O2. The molecule has 7 heteroatoms. The molecule has 0 spiro atoms. The molecule has 0 atom stereocenters. The van der Waals surface area contributed by atoms with Gasteiger partial charge in [0.05, 0.1) is 18.1 Å². The summed E-state index contributed by atoms with van der Waals surface area (Å²) in [6, 6.07) is 7.14. The minimum atomic E-state index is -0.127. The van der Waals surface area contributed by atoms with E-state index in [1.807, 2.05) is 17.0 Å². The van der Waals surface area contributed by atoms with Gasteiger partial charge in [-0.05, 0) is 25.0 Å². The molecule has 130 valence electrons. The normalized spacial score (nSPS) is 13.9. The van der Waals surface area contributed by atoms with Crippen LogP contribution in [0.25, 0.3) is 11.3 Å². The van der Waals surface area contributed by atoms with Crippen LogP contribution >= 0.6 is 0 Å². The van der Waals surface area contributed by atoms with Crippen molar-refractivity contribution in [2.24, 2.45) is 0 Å². The molecule has 3 rings (SSSR count). The highest BCUT2D eigenvalue weighted by atomic mass is 16.2. The number of likely N-dealkylation sites (tertiary alicyclic amines) is 1. The Kier molecular flexibility index (Phi) is 5.23. The lowest BCUT2D eigenvalue weighted by atomic mass is 10.1. The fourth-order valence-corrected chi connectivity index (χ4v) is 2.83. The molecule has 0 aliphatic carbocycles. The quantitative estimate of drug-likeness (QED) is 0.776. The summed E-state index contributed by atoms with van der Waals surface area (Å²) in [4.78, 5) is 33.8. The van der Waals surface area contributed by atoms with E-state index in [9.17, 15) is 9.59 Å². The third-order valence-electron chi connectivity index (χ3n) is 4.16. The van der Waals surface area contributed by atoms with Gasteiger partial charge in [-0.25, -0.2) is 4.98 Å². The maximum absolute atomic E-state index is 12.2. The first-order chi connectivity index (χ1) is 12.1. The van der Waals surface area contributed by atoms with Crippen LogP contribution in [0.2, 0.25) is 0 Å². The Morgan fingerprint density at radius 3 is 2.72 bits per heavy atom. The fourth-order valence-electron chi connectivity index (χ4n) is 2.83. The lowest BCUT2D eigenvalue weighted by Crippen LogP contribution is -2.30. The van der Waals surface area contributed by atoms with Gasteiger partial charge in [-0.3, -0.25) is 14.6 Å². The zero-order valence-electron chi connectivity index (χ0n) is 13.9. The van der Waals surface area contributed by atoms with Gasteiger partial charge in [0, 0.05) is 37.2 Å². The molecule has 1 aromatic heterocycles. The summed E-state index contributed by atoms with van der Waals surface area (Å²) in [6.45, 7) is 2.08. The summed E-state index contributed by atoms with van der Waals surface area (Å²) in [5.74, 6) is 0.445. The van der Waals surface area contributed by atoms with Gasteiger partial charge in [0.2, 0.25) is 5.91 Å². The molecule has 0 saturated carbocycles. The van der Waals surface area contributed by atoms with Crippen molar-refractivity contribution in [3.05, 3.63) is 42.2 Å². The second-order valence-electron chi connectivity index (χ2n) is 6.00. The number of nitrogens with one attached hydrogen (secondary N) is 1. The van der Waals surface area contributed by atoms with Crippen LogP contribution in [0.15, 0.2) is 36.7 Å². The van der Waals surface area contributed by atoms with Crippen LogP contribution in [0.4, 0.5) is 5.82 Å². The van der Waals surface area contributed by atoms with Crippen molar-refractivity contribution in [2.45, 2.75) is 19.3 Å². The van der Waals surface area contributed by atoms with E-state index in [0.29, 0.717) is 36.6 Å². The number of benzene rings is 1. The van der Waals surface area contributed by atoms with Gasteiger partial charge in [-0.1, -0.05) is 12.1 Å². The highest BCUT2D eigenvalue weighted by molar-refractivity contribution is 5.94. The molecule has 25 heavy (non-hydrogen) atoms. The predicted molar refractivity (Wildman–Crippen MR) is 94.6 cm³/mol. The summed E-state index contributed by atoms with van der Waals surface area (Å²) in [5, 5.41) is 2.88. The van der Waals surface area contributed by atoms with E-state index in [4.69, 9.17) is 5.73 Å². The van der Waals surface area contributed by atoms with Crippen LogP contribution in [0.3, 0.4) is 0 Å². The fraction of sp³-hybridized carbons (Fsp3) is 0.333. The van der Waals surface area contributed by atoms with Gasteiger partial charge in [0.15, 0.2) is 0 Å². The molecule has 3 N–H and O–H groups in total. The molecule has 2 heterocycles. The summed E-state index contributed by atoms with van der Waals surface area (Å²) >= 11 is 0. The molecule has 1 saturated heterocycles. The van der Waals surface area contributed by atoms with E-state index in [1.54, 1.807) is 18.3 Å². The van der Waals surface area contributed by atoms with Crippen LogP contribution in [-0.4, -0.2) is 46.3 Å². The Labute approximate surface area is 146 Å². The lowest BCUT2D eigenvalue weighted by Gasteiger charge is -2.15. The molecule has 2 aromatic rings. The first kappa shape index (κ1) is 16.9. The Hall–Kier alpha value is -2.96. The molecule has 7 nitrogen and oxygen atoms in total. The SMILES string of the molecule is Nc1cncc(-c2ccc(C(=O)NCCCN3CCCC3=O)cc2)n1. The number of anilines is 1. The number of aromatic nitrogens is 2. The number of rotatable bonds is 6. The molecule has 1 aliphatic heterocycles. The van der Waals surface area contributed by atoms with Crippen molar-refractivity contribution < 1.29 is 9.59 Å².